The summed E-state index contributed by atoms with van der Waals surface area (Å²) in [4.78, 5) is 19.9. The number of hydrogen-bond donors (Lipinski definition) is 3. The Kier molecular flexibility index (Phi) is 5.37. The van der Waals surface area contributed by atoms with Crippen LogP contribution in [0.2, 0.25) is 0 Å². The molecule has 0 unspecified atom stereocenters. The average Bonchev–Trinajstić information content (AvgIpc) is 2.02. The third-order valence-corrected chi connectivity index (χ3v) is 1.28. The molecule has 0 saturated heterocycles. The van der Waals surface area contributed by atoms with Gasteiger partial charge in [-0.2, -0.15) is 0 Å². The van der Waals surface area contributed by atoms with Crippen molar-refractivity contribution in [2.75, 3.05) is 13.1 Å². The van der Waals surface area contributed by atoms with E-state index in [4.69, 9.17) is 10.2 Å². The van der Waals surface area contributed by atoms with Crippen LogP contribution in [0.1, 0.15) is 12.8 Å². The van der Waals surface area contributed by atoms with Crippen LogP contribution in [-0.4, -0.2) is 40.6 Å². The second kappa shape index (κ2) is 6.06. The molecule has 0 bridgehead atoms. The van der Waals surface area contributed by atoms with Gasteiger partial charge in [0.25, 0.3) is 0 Å². The Hall–Kier alpha value is -1.50. The van der Waals surface area contributed by atoms with E-state index in [0.29, 0.717) is 12.8 Å². The van der Waals surface area contributed by atoms with Crippen LogP contribution < -0.4 is 5.32 Å². The van der Waals surface area contributed by atoms with Gasteiger partial charge in [-0.05, 0) is 12.8 Å². The maximum atomic E-state index is 10.4. The largest absolute Gasteiger partial charge is 0.754 e. The van der Waals surface area contributed by atoms with Crippen molar-refractivity contribution < 1.29 is 19.8 Å². The summed E-state index contributed by atoms with van der Waals surface area (Å²) < 4.78 is 0. The smallest absolute Gasteiger partial charge is 0.404 e. The molecule has 0 saturated carbocycles. The second-order valence-electron chi connectivity index (χ2n) is 2.32. The highest BCUT2D eigenvalue weighted by atomic mass is 16.6. The third kappa shape index (κ3) is 6.88. The molecule has 0 aliphatic rings. The van der Waals surface area contributed by atoms with Crippen molar-refractivity contribution in [2.45, 2.75) is 12.8 Å². The van der Waals surface area contributed by atoms with Crippen molar-refractivity contribution in [1.82, 2.24) is 10.4 Å². The standard InChI is InChI=1S/C6H11N2O5/c9-5(10)7-3-1-2-4-8(13)6(11)12/h7H,1-4H2,(H,9,10)(H,11,12)/q-1. The molecule has 0 rings (SSSR count). The van der Waals surface area contributed by atoms with Gasteiger partial charge in [0, 0.05) is 13.1 Å². The maximum Gasteiger partial charge on any atom is 0.404 e. The average molecular weight is 191 g/mol. The maximum absolute atomic E-state index is 10.4. The number of hydrogen-bond acceptors (Lipinski definition) is 3. The Morgan fingerprint density at radius 3 is 2.38 bits per heavy atom. The molecule has 2 amide bonds. The van der Waals surface area contributed by atoms with Crippen molar-refractivity contribution in [3.05, 3.63) is 5.21 Å². The number of amides is 2. The van der Waals surface area contributed by atoms with E-state index in [1.165, 1.54) is 0 Å². The molecule has 7 heteroatoms. The van der Waals surface area contributed by atoms with E-state index in [1.54, 1.807) is 0 Å². The summed E-state index contributed by atoms with van der Waals surface area (Å²) in [7, 11) is 0. The Balaban J connectivity index is 3.26. The predicted octanol–water partition coefficient (Wildman–Crippen LogP) is 0.512. The fourth-order valence-electron chi connectivity index (χ4n) is 0.671. The van der Waals surface area contributed by atoms with E-state index in [1.807, 2.05) is 0 Å². The van der Waals surface area contributed by atoms with E-state index >= 15 is 0 Å². The highest BCUT2D eigenvalue weighted by Crippen LogP contribution is 1.92. The van der Waals surface area contributed by atoms with Crippen molar-refractivity contribution >= 4 is 12.2 Å². The lowest BCUT2D eigenvalue weighted by Crippen LogP contribution is -2.26. The van der Waals surface area contributed by atoms with Crippen molar-refractivity contribution in [2.24, 2.45) is 0 Å². The van der Waals surface area contributed by atoms with E-state index in [-0.39, 0.29) is 18.2 Å². The Bertz CT molecular complexity index is 184. The molecule has 0 aliphatic carbocycles. The zero-order valence-corrected chi connectivity index (χ0v) is 6.89. The van der Waals surface area contributed by atoms with Crippen LogP contribution in [-0.2, 0) is 0 Å². The Morgan fingerprint density at radius 2 is 1.92 bits per heavy atom. The van der Waals surface area contributed by atoms with Gasteiger partial charge in [-0.25, -0.2) is 9.59 Å². The molecule has 0 spiro atoms. The van der Waals surface area contributed by atoms with E-state index in [2.05, 4.69) is 5.32 Å². The molecule has 0 aromatic heterocycles. The molecule has 0 atom stereocenters. The number of rotatable bonds is 5. The van der Waals surface area contributed by atoms with Gasteiger partial charge in [0.15, 0.2) is 0 Å². The van der Waals surface area contributed by atoms with Crippen molar-refractivity contribution in [1.29, 1.82) is 0 Å². The van der Waals surface area contributed by atoms with Gasteiger partial charge in [0.2, 0.25) is 0 Å². The first-order chi connectivity index (χ1) is 6.04. The number of carbonyl (C=O) groups is 2. The molecule has 0 radical (unpaired) electrons. The van der Waals surface area contributed by atoms with Crippen LogP contribution in [0.5, 0.6) is 0 Å². The van der Waals surface area contributed by atoms with E-state index < -0.39 is 12.2 Å². The van der Waals surface area contributed by atoms with Gasteiger partial charge in [-0.1, -0.05) is 0 Å². The van der Waals surface area contributed by atoms with Crippen LogP contribution in [0.4, 0.5) is 9.59 Å². The number of unbranched alkanes of at least 4 members (excludes halogenated alkanes) is 1. The molecule has 7 nitrogen and oxygen atoms in total. The van der Waals surface area contributed by atoms with E-state index in [9.17, 15) is 14.8 Å². The normalized spacial score (nSPS) is 9.31. The first-order valence-electron chi connectivity index (χ1n) is 3.68. The van der Waals surface area contributed by atoms with Gasteiger partial charge in [0.1, 0.15) is 0 Å². The second-order valence-corrected chi connectivity index (χ2v) is 2.32. The highest BCUT2D eigenvalue weighted by molar-refractivity contribution is 5.65. The lowest BCUT2D eigenvalue weighted by atomic mass is 10.3. The van der Waals surface area contributed by atoms with Crippen molar-refractivity contribution in [3.8, 4) is 0 Å². The number of carboxylic acid groups (broad SMARTS) is 2. The molecule has 0 aromatic rings. The minimum absolute atomic E-state index is 0.0826. The van der Waals surface area contributed by atoms with Crippen LogP contribution in [0.3, 0.4) is 0 Å². The molecule has 0 fully saturated rings. The summed E-state index contributed by atoms with van der Waals surface area (Å²) in [6, 6.07) is 0. The minimum atomic E-state index is -1.52. The lowest BCUT2D eigenvalue weighted by molar-refractivity contribution is 0.162. The van der Waals surface area contributed by atoms with Gasteiger partial charge < -0.3 is 25.8 Å². The lowest BCUT2D eigenvalue weighted by Gasteiger charge is -2.23. The molecule has 0 aromatic carbocycles. The molecule has 76 valence electrons. The quantitative estimate of drug-likeness (QED) is 0.433. The fourth-order valence-corrected chi connectivity index (χ4v) is 0.671. The summed E-state index contributed by atoms with van der Waals surface area (Å²) in [6.07, 6.45) is -1.86. The first kappa shape index (κ1) is 11.5. The van der Waals surface area contributed by atoms with Gasteiger partial charge in [0.05, 0.1) is 0 Å². The molecular weight excluding hydrogens is 180 g/mol. The molecular formula is C6H11N2O5-. The summed E-state index contributed by atoms with van der Waals surface area (Å²) in [5.41, 5.74) is 0. The number of nitrogens with one attached hydrogen (secondary N) is 1. The SMILES string of the molecule is O=C(O)NCCCCN([O-])C(=O)O. The van der Waals surface area contributed by atoms with Gasteiger partial charge in [-0.3, -0.25) is 0 Å². The monoisotopic (exact) mass is 191 g/mol. The first-order valence-corrected chi connectivity index (χ1v) is 3.68. The topological polar surface area (TPSA) is 113 Å². The predicted molar refractivity (Wildman–Crippen MR) is 43.4 cm³/mol. The summed E-state index contributed by atoms with van der Waals surface area (Å²) in [5, 5.41) is 28.7. The van der Waals surface area contributed by atoms with Gasteiger partial charge in [-0.15, -0.1) is 0 Å². The van der Waals surface area contributed by atoms with E-state index in [0.717, 1.165) is 0 Å². The van der Waals surface area contributed by atoms with Crippen LogP contribution >= 0.6 is 0 Å². The minimum Gasteiger partial charge on any atom is -0.754 e. The summed E-state index contributed by atoms with van der Waals surface area (Å²) in [5.74, 6) is 0. The zero-order chi connectivity index (χ0) is 10.3. The molecule has 0 aliphatic heterocycles. The molecule has 13 heavy (non-hydrogen) atoms. The Morgan fingerprint density at radius 1 is 1.31 bits per heavy atom. The third-order valence-electron chi connectivity index (χ3n) is 1.28. The Labute approximate surface area is 74.5 Å². The van der Waals surface area contributed by atoms with Crippen molar-refractivity contribution in [3.63, 3.8) is 0 Å². The number of hydroxylamine groups is 2. The van der Waals surface area contributed by atoms with Gasteiger partial charge >= 0.3 is 12.2 Å². The highest BCUT2D eigenvalue weighted by Gasteiger charge is 1.98. The fraction of sp³-hybridized carbons (Fsp3) is 0.667. The van der Waals surface area contributed by atoms with Crippen LogP contribution in [0.25, 0.3) is 0 Å². The zero-order valence-electron chi connectivity index (χ0n) is 6.89. The van der Waals surface area contributed by atoms with Crippen LogP contribution in [0, 0.1) is 5.21 Å². The molecule has 0 heterocycles. The van der Waals surface area contributed by atoms with Crippen LogP contribution in [0.15, 0.2) is 0 Å². The summed E-state index contributed by atoms with van der Waals surface area (Å²) in [6.45, 7) is 0.0967. The summed E-state index contributed by atoms with van der Waals surface area (Å²) >= 11 is 0. The number of nitrogens with zero attached hydrogens (tertiary/aromatic N) is 1. The molecule has 3 N–H and O–H groups in total.